The van der Waals surface area contributed by atoms with Crippen molar-refractivity contribution < 1.29 is 18.0 Å². The first kappa shape index (κ1) is 17.1. The second-order valence-corrected chi connectivity index (χ2v) is 8.27. The molecule has 2 N–H and O–H groups in total. The van der Waals surface area contributed by atoms with Crippen LogP contribution in [0.15, 0.2) is 11.4 Å². The van der Waals surface area contributed by atoms with Gasteiger partial charge in [0.2, 0.25) is 5.91 Å². The summed E-state index contributed by atoms with van der Waals surface area (Å²) in [5.41, 5.74) is 0.859. The van der Waals surface area contributed by atoms with E-state index in [1.165, 1.54) is 0 Å². The van der Waals surface area contributed by atoms with Gasteiger partial charge in [0, 0.05) is 49.1 Å². The molecule has 3 heterocycles. The Morgan fingerprint density at radius 3 is 2.88 bits per heavy atom. The highest BCUT2D eigenvalue weighted by atomic mass is 32.1. The van der Waals surface area contributed by atoms with Crippen molar-refractivity contribution in [3.05, 3.63) is 16.3 Å². The molecule has 1 aromatic rings. The maximum Gasteiger partial charge on any atom is 0.272 e. The summed E-state index contributed by atoms with van der Waals surface area (Å²) in [6.07, 6.45) is -1.17. The standard InChI is InChI=1S/C17H22F3N3OS/c18-10-3-14(21-5-10)17(24)22-13-2-1-9-6-23(7-12(9)13)11-4-15(16(19)20)25-8-11/h4,8-10,12-14,16,21H,1-3,5-7H2,(H,22,24)/t9-,10-,12+,13+,14+/m1/s1. The van der Waals surface area contributed by atoms with E-state index in [0.717, 1.165) is 43.0 Å². The van der Waals surface area contributed by atoms with Gasteiger partial charge < -0.3 is 15.5 Å². The van der Waals surface area contributed by atoms with Gasteiger partial charge in [-0.25, -0.2) is 13.2 Å². The fourth-order valence-electron chi connectivity index (χ4n) is 4.45. The number of nitrogens with one attached hydrogen (secondary N) is 2. The van der Waals surface area contributed by atoms with Crippen LogP contribution in [-0.2, 0) is 4.79 Å². The lowest BCUT2D eigenvalue weighted by atomic mass is 9.97. The molecule has 0 bridgehead atoms. The van der Waals surface area contributed by atoms with Gasteiger partial charge in [-0.1, -0.05) is 0 Å². The van der Waals surface area contributed by atoms with Crippen molar-refractivity contribution in [2.45, 2.75) is 43.9 Å². The lowest BCUT2D eigenvalue weighted by Crippen LogP contribution is -2.47. The van der Waals surface area contributed by atoms with Crippen molar-refractivity contribution in [2.75, 3.05) is 24.5 Å². The van der Waals surface area contributed by atoms with Crippen LogP contribution in [-0.4, -0.2) is 43.8 Å². The number of fused-ring (bicyclic) bond motifs is 1. The highest BCUT2D eigenvalue weighted by Crippen LogP contribution is 2.41. The van der Waals surface area contributed by atoms with Gasteiger partial charge in [-0.05, 0) is 24.8 Å². The Bertz CT molecular complexity index is 640. The average Bonchev–Trinajstić information content (AvgIpc) is 3.30. The fourth-order valence-corrected chi connectivity index (χ4v) is 5.22. The summed E-state index contributed by atoms with van der Waals surface area (Å²) < 4.78 is 38.8. The van der Waals surface area contributed by atoms with E-state index < -0.39 is 18.6 Å². The number of amides is 1. The molecule has 0 radical (unpaired) electrons. The molecule has 2 saturated heterocycles. The number of hydrogen-bond acceptors (Lipinski definition) is 4. The highest BCUT2D eigenvalue weighted by Gasteiger charge is 2.44. The number of carbonyl (C=O) groups is 1. The molecule has 2 aliphatic heterocycles. The van der Waals surface area contributed by atoms with Crippen molar-refractivity contribution in [3.63, 3.8) is 0 Å². The molecule has 0 unspecified atom stereocenters. The molecule has 3 fully saturated rings. The summed E-state index contributed by atoms with van der Waals surface area (Å²) in [7, 11) is 0. The first-order chi connectivity index (χ1) is 12.0. The summed E-state index contributed by atoms with van der Waals surface area (Å²) >= 11 is 1.10. The zero-order chi connectivity index (χ0) is 17.6. The van der Waals surface area contributed by atoms with Gasteiger partial charge in [-0.2, -0.15) is 0 Å². The van der Waals surface area contributed by atoms with Crippen LogP contribution in [0.25, 0.3) is 0 Å². The molecule has 1 aromatic heterocycles. The molecule has 1 amide bonds. The molecular weight excluding hydrogens is 351 g/mol. The van der Waals surface area contributed by atoms with Crippen LogP contribution in [0.5, 0.6) is 0 Å². The first-order valence-corrected chi connectivity index (χ1v) is 9.68. The van der Waals surface area contributed by atoms with Gasteiger partial charge in [0.1, 0.15) is 6.17 Å². The van der Waals surface area contributed by atoms with Crippen LogP contribution >= 0.6 is 11.3 Å². The third-order valence-electron chi connectivity index (χ3n) is 5.76. The number of halogens is 3. The monoisotopic (exact) mass is 373 g/mol. The third-order valence-corrected chi connectivity index (χ3v) is 6.69. The van der Waals surface area contributed by atoms with E-state index in [9.17, 15) is 18.0 Å². The molecule has 1 saturated carbocycles. The van der Waals surface area contributed by atoms with E-state index in [1.54, 1.807) is 11.4 Å². The number of thiophene rings is 1. The molecule has 0 aromatic carbocycles. The van der Waals surface area contributed by atoms with Crippen LogP contribution in [0.3, 0.4) is 0 Å². The lowest BCUT2D eigenvalue weighted by Gasteiger charge is -2.23. The summed E-state index contributed by atoms with van der Waals surface area (Å²) in [5, 5.41) is 7.81. The highest BCUT2D eigenvalue weighted by molar-refractivity contribution is 7.10. The Morgan fingerprint density at radius 1 is 1.36 bits per heavy atom. The third kappa shape index (κ3) is 3.38. The Morgan fingerprint density at radius 2 is 2.20 bits per heavy atom. The number of nitrogens with zero attached hydrogens (tertiary/aromatic N) is 1. The SMILES string of the molecule is O=C(N[C@H]1CC[C@@H]2CN(c3csc(C(F)F)c3)C[C@@H]21)[C@@H]1C[C@@H](F)CN1. The number of alkyl halides is 3. The predicted octanol–water partition coefficient (Wildman–Crippen LogP) is 2.72. The van der Waals surface area contributed by atoms with Crippen molar-refractivity contribution in [1.82, 2.24) is 10.6 Å². The Balaban J connectivity index is 1.37. The predicted molar refractivity (Wildman–Crippen MR) is 90.9 cm³/mol. The van der Waals surface area contributed by atoms with Crippen LogP contribution in [0.1, 0.15) is 30.6 Å². The first-order valence-electron chi connectivity index (χ1n) is 8.80. The van der Waals surface area contributed by atoms with Gasteiger partial charge in [0.05, 0.1) is 10.9 Å². The van der Waals surface area contributed by atoms with Crippen molar-refractivity contribution in [1.29, 1.82) is 0 Å². The number of anilines is 1. The van der Waals surface area contributed by atoms with Crippen LogP contribution in [0.2, 0.25) is 0 Å². The molecule has 3 aliphatic rings. The van der Waals surface area contributed by atoms with E-state index in [-0.39, 0.29) is 29.8 Å². The normalized spacial score (nSPS) is 34.7. The second-order valence-electron chi connectivity index (χ2n) is 7.32. The lowest BCUT2D eigenvalue weighted by molar-refractivity contribution is -0.123. The molecule has 5 atom stereocenters. The molecular formula is C17H22F3N3OS. The van der Waals surface area contributed by atoms with Crippen LogP contribution in [0.4, 0.5) is 18.9 Å². The number of hydrogen-bond donors (Lipinski definition) is 2. The van der Waals surface area contributed by atoms with Crippen LogP contribution < -0.4 is 15.5 Å². The Kier molecular flexibility index (Phi) is 4.66. The summed E-state index contributed by atoms with van der Waals surface area (Å²) in [5.74, 6) is 0.701. The van der Waals surface area contributed by atoms with E-state index in [1.807, 2.05) is 0 Å². The minimum absolute atomic E-state index is 0.0937. The maximum atomic E-state index is 13.3. The molecule has 4 nitrogen and oxygen atoms in total. The van der Waals surface area contributed by atoms with E-state index in [0.29, 0.717) is 11.8 Å². The number of carbonyl (C=O) groups excluding carboxylic acids is 1. The van der Waals surface area contributed by atoms with Gasteiger partial charge in [-0.15, -0.1) is 11.3 Å². The second kappa shape index (κ2) is 6.79. The smallest absolute Gasteiger partial charge is 0.272 e. The Hall–Kier alpha value is -1.28. The minimum atomic E-state index is -2.42. The number of rotatable bonds is 4. The fraction of sp³-hybridized carbons (Fsp3) is 0.706. The van der Waals surface area contributed by atoms with Crippen molar-refractivity contribution >= 4 is 22.9 Å². The summed E-state index contributed by atoms with van der Waals surface area (Å²) in [6.45, 7) is 1.87. The van der Waals surface area contributed by atoms with Gasteiger partial charge in [0.15, 0.2) is 0 Å². The van der Waals surface area contributed by atoms with Crippen molar-refractivity contribution in [2.24, 2.45) is 11.8 Å². The quantitative estimate of drug-likeness (QED) is 0.853. The molecule has 8 heteroatoms. The Labute approximate surface area is 148 Å². The molecule has 0 spiro atoms. The molecule has 1 aliphatic carbocycles. The van der Waals surface area contributed by atoms with E-state index in [4.69, 9.17) is 0 Å². The topological polar surface area (TPSA) is 44.4 Å². The molecule has 25 heavy (non-hydrogen) atoms. The van der Waals surface area contributed by atoms with E-state index in [2.05, 4.69) is 15.5 Å². The summed E-state index contributed by atoms with van der Waals surface area (Å²) in [4.78, 5) is 14.6. The van der Waals surface area contributed by atoms with E-state index >= 15 is 0 Å². The van der Waals surface area contributed by atoms with Gasteiger partial charge in [-0.3, -0.25) is 4.79 Å². The average molecular weight is 373 g/mol. The summed E-state index contributed by atoms with van der Waals surface area (Å²) in [6, 6.07) is 1.24. The zero-order valence-electron chi connectivity index (χ0n) is 13.8. The molecule has 4 rings (SSSR count). The minimum Gasteiger partial charge on any atom is -0.370 e. The molecule has 138 valence electrons. The van der Waals surface area contributed by atoms with Gasteiger partial charge in [0.25, 0.3) is 6.43 Å². The maximum absolute atomic E-state index is 13.3. The zero-order valence-corrected chi connectivity index (χ0v) is 14.6. The largest absolute Gasteiger partial charge is 0.370 e. The van der Waals surface area contributed by atoms with Gasteiger partial charge >= 0.3 is 0 Å². The van der Waals surface area contributed by atoms with Crippen molar-refractivity contribution in [3.8, 4) is 0 Å². The van der Waals surface area contributed by atoms with Crippen LogP contribution in [0, 0.1) is 11.8 Å².